The summed E-state index contributed by atoms with van der Waals surface area (Å²) in [5.74, 6) is -2.61. The summed E-state index contributed by atoms with van der Waals surface area (Å²) in [4.78, 5) is 26.8. The van der Waals surface area contributed by atoms with Gasteiger partial charge in [-0.2, -0.15) is 15.2 Å². The number of nitriles is 1. The molecule has 2 aliphatic carbocycles. The van der Waals surface area contributed by atoms with Gasteiger partial charge in [0.25, 0.3) is 5.91 Å². The first-order valence-corrected chi connectivity index (χ1v) is 16.3. The number of amides is 1. The lowest BCUT2D eigenvalue weighted by atomic mass is 9.93. The minimum absolute atomic E-state index is 0.0352. The molecule has 47 heavy (non-hydrogen) atoms. The van der Waals surface area contributed by atoms with Gasteiger partial charge in [0.2, 0.25) is 0 Å². The molecule has 2 aromatic carbocycles. The number of benzene rings is 2. The highest BCUT2D eigenvalue weighted by Crippen LogP contribution is 2.59. The third-order valence-electron chi connectivity index (χ3n) is 10.9. The lowest BCUT2D eigenvalue weighted by Gasteiger charge is -2.41. The monoisotopic (exact) mass is 646 g/mol. The Morgan fingerprint density at radius 1 is 1.19 bits per heavy atom. The van der Waals surface area contributed by atoms with Gasteiger partial charge in [0.05, 0.1) is 29.6 Å². The second-order valence-corrected chi connectivity index (χ2v) is 13.7. The number of hydrogen-bond acceptors (Lipinski definition) is 7. The molecule has 12 heteroatoms. The first kappa shape index (κ1) is 30.1. The van der Waals surface area contributed by atoms with E-state index in [0.717, 1.165) is 43.4 Å². The van der Waals surface area contributed by atoms with Crippen molar-refractivity contribution in [1.29, 1.82) is 5.26 Å². The normalized spacial score (nSPS) is 27.8. The summed E-state index contributed by atoms with van der Waals surface area (Å²) in [5, 5.41) is 9.61. The van der Waals surface area contributed by atoms with Crippen molar-refractivity contribution in [2.75, 3.05) is 44.2 Å². The Morgan fingerprint density at radius 2 is 2.04 bits per heavy atom. The number of fused-ring (bicyclic) bond motifs is 5. The van der Waals surface area contributed by atoms with Crippen molar-refractivity contribution in [3.05, 3.63) is 59.4 Å². The van der Waals surface area contributed by atoms with E-state index in [2.05, 4.69) is 21.4 Å². The van der Waals surface area contributed by atoms with Gasteiger partial charge in [-0.25, -0.2) is 17.6 Å². The number of hydrogen-bond donors (Lipinski definition) is 0. The smallest absolute Gasteiger partial charge is 0.319 e. The van der Waals surface area contributed by atoms with Crippen LogP contribution in [0.4, 0.5) is 23.4 Å². The van der Waals surface area contributed by atoms with E-state index in [0.29, 0.717) is 30.4 Å². The molecule has 3 aliphatic heterocycles. The van der Waals surface area contributed by atoms with Crippen LogP contribution in [0.5, 0.6) is 6.01 Å². The number of ether oxygens (including phenoxy) is 1. The van der Waals surface area contributed by atoms with Crippen molar-refractivity contribution in [1.82, 2.24) is 19.8 Å². The molecular formula is C35H34F4N6O2. The molecule has 4 heterocycles. The lowest BCUT2D eigenvalue weighted by Crippen LogP contribution is -2.55. The second kappa shape index (κ2) is 11.2. The third kappa shape index (κ3) is 4.93. The molecule has 8 rings (SSSR count). The van der Waals surface area contributed by atoms with E-state index >= 15 is 8.78 Å². The first-order valence-electron chi connectivity index (χ1n) is 16.3. The maximum atomic E-state index is 16.8. The summed E-state index contributed by atoms with van der Waals surface area (Å²) < 4.78 is 67.5. The van der Waals surface area contributed by atoms with Gasteiger partial charge in [-0.1, -0.05) is 24.8 Å². The van der Waals surface area contributed by atoms with Gasteiger partial charge < -0.3 is 14.5 Å². The molecule has 4 fully saturated rings. The quantitative estimate of drug-likeness (QED) is 0.244. The number of alkyl halides is 1. The van der Waals surface area contributed by atoms with Gasteiger partial charge >= 0.3 is 6.01 Å². The molecule has 1 amide bonds. The van der Waals surface area contributed by atoms with Crippen LogP contribution in [-0.2, 0) is 11.2 Å². The number of aromatic nitrogens is 2. The predicted octanol–water partition coefficient (Wildman–Crippen LogP) is 5.60. The summed E-state index contributed by atoms with van der Waals surface area (Å²) >= 11 is 0. The minimum atomic E-state index is -1.13. The lowest BCUT2D eigenvalue weighted by molar-refractivity contribution is -0.131. The van der Waals surface area contributed by atoms with Crippen LogP contribution in [0.3, 0.4) is 0 Å². The largest absolute Gasteiger partial charge is 0.461 e. The van der Waals surface area contributed by atoms with Crippen molar-refractivity contribution in [3.8, 4) is 23.2 Å². The number of carbonyl (C=O) groups is 1. The van der Waals surface area contributed by atoms with E-state index < -0.39 is 41.1 Å². The van der Waals surface area contributed by atoms with Crippen molar-refractivity contribution in [2.24, 2.45) is 5.92 Å². The number of piperazine rings is 1. The molecule has 0 N–H and O–H groups in total. The molecule has 0 spiro atoms. The highest BCUT2D eigenvalue weighted by atomic mass is 19.1. The van der Waals surface area contributed by atoms with Gasteiger partial charge in [0, 0.05) is 38.0 Å². The topological polar surface area (TPSA) is 85.6 Å². The molecule has 244 valence electrons. The fraction of sp³-hybridized carbons (Fsp3) is 0.486. The number of rotatable bonds is 7. The van der Waals surface area contributed by atoms with Gasteiger partial charge in [-0.05, 0) is 66.8 Å². The molecule has 0 bridgehead atoms. The van der Waals surface area contributed by atoms with Crippen LogP contribution in [0, 0.1) is 28.9 Å². The fourth-order valence-corrected chi connectivity index (χ4v) is 8.67. The first-order chi connectivity index (χ1) is 22.7. The summed E-state index contributed by atoms with van der Waals surface area (Å²) in [6, 6.07) is 8.05. The number of carbonyl (C=O) groups excluding carboxylic acids is 1. The highest BCUT2D eigenvalue weighted by molar-refractivity contribution is 5.95. The Balaban J connectivity index is 1.22. The van der Waals surface area contributed by atoms with E-state index in [-0.39, 0.29) is 61.0 Å². The predicted molar refractivity (Wildman–Crippen MR) is 166 cm³/mol. The Labute approximate surface area is 269 Å². The average molecular weight is 647 g/mol. The summed E-state index contributed by atoms with van der Waals surface area (Å²) in [5.41, 5.74) is 1.87. The molecule has 5 aliphatic rings. The fourth-order valence-electron chi connectivity index (χ4n) is 8.67. The molecule has 1 aromatic heterocycles. The van der Waals surface area contributed by atoms with Crippen molar-refractivity contribution >= 4 is 22.6 Å². The summed E-state index contributed by atoms with van der Waals surface area (Å²) in [7, 11) is 0. The molecule has 3 saturated heterocycles. The van der Waals surface area contributed by atoms with E-state index in [1.807, 2.05) is 18.2 Å². The summed E-state index contributed by atoms with van der Waals surface area (Å²) in [6.07, 6.45) is 2.84. The van der Waals surface area contributed by atoms with Crippen LogP contribution < -0.4 is 9.64 Å². The van der Waals surface area contributed by atoms with Crippen LogP contribution in [-0.4, -0.2) is 82.8 Å². The Bertz CT molecular complexity index is 1860. The number of nitrogens with zero attached hydrogens (tertiary/aromatic N) is 6. The van der Waals surface area contributed by atoms with Gasteiger partial charge in [-0.3, -0.25) is 9.69 Å². The van der Waals surface area contributed by atoms with Crippen molar-refractivity contribution < 1.29 is 27.1 Å². The van der Waals surface area contributed by atoms with Crippen LogP contribution >= 0.6 is 0 Å². The molecule has 1 saturated carbocycles. The van der Waals surface area contributed by atoms with E-state index in [1.54, 1.807) is 11.0 Å². The molecule has 5 atom stereocenters. The van der Waals surface area contributed by atoms with Crippen LogP contribution in [0.1, 0.15) is 49.1 Å². The van der Waals surface area contributed by atoms with Crippen molar-refractivity contribution in [3.63, 3.8) is 0 Å². The average Bonchev–Trinajstić information content (AvgIpc) is 3.37. The maximum Gasteiger partial charge on any atom is 0.319 e. The molecule has 0 unspecified atom stereocenters. The second-order valence-electron chi connectivity index (χ2n) is 13.7. The SMILES string of the molecule is C=C(F)C(=O)N1CCN(c2nc(OC[C@@]34CCCN3C[C@H](F)C4)nc3c(F)c(-c4cccc5c4[C@H]4C[C@H]4C5)c(F)cc23)C[C@@H]1CC#N. The Kier molecular flexibility index (Phi) is 7.17. The molecule has 8 nitrogen and oxygen atoms in total. The van der Waals surface area contributed by atoms with Gasteiger partial charge in [-0.15, -0.1) is 0 Å². The zero-order valence-corrected chi connectivity index (χ0v) is 25.8. The van der Waals surface area contributed by atoms with Crippen LogP contribution in [0.2, 0.25) is 0 Å². The highest BCUT2D eigenvalue weighted by Gasteiger charge is 2.50. The molecule has 0 radical (unpaired) electrons. The Morgan fingerprint density at radius 3 is 2.85 bits per heavy atom. The van der Waals surface area contributed by atoms with E-state index in [1.165, 1.54) is 11.0 Å². The van der Waals surface area contributed by atoms with E-state index in [4.69, 9.17) is 4.74 Å². The Hall–Kier alpha value is -4.24. The maximum absolute atomic E-state index is 16.8. The number of halogens is 4. The van der Waals surface area contributed by atoms with Crippen LogP contribution in [0.15, 0.2) is 36.7 Å². The third-order valence-corrected chi connectivity index (χ3v) is 10.9. The van der Waals surface area contributed by atoms with Crippen molar-refractivity contribution in [2.45, 2.75) is 62.2 Å². The van der Waals surface area contributed by atoms with Gasteiger partial charge in [0.1, 0.15) is 29.9 Å². The molecular weight excluding hydrogens is 612 g/mol. The molecule has 3 aromatic rings. The minimum Gasteiger partial charge on any atom is -0.461 e. The van der Waals surface area contributed by atoms with Gasteiger partial charge in [0.15, 0.2) is 11.6 Å². The summed E-state index contributed by atoms with van der Waals surface area (Å²) in [6.45, 7) is 4.57. The standard InChI is InChI=1S/C35H34F4N6O2/c1-19(36)33(46)45-11-10-43(17-23(45)6-8-40)32-26-14-27(38)29(24-5-2-4-20-12-21-13-25(21)28(20)24)30(39)31(26)41-34(42-32)47-18-35-7-3-9-44(35)16-22(37)15-35/h2,4-5,14,21-23,25H,1,3,6-7,9-13,15-18H2/t21-,22-,23+,25+,35+/m1/s1. The number of anilines is 1. The zero-order chi connectivity index (χ0) is 32.6. The van der Waals surface area contributed by atoms with E-state index in [9.17, 15) is 18.8 Å². The zero-order valence-electron chi connectivity index (χ0n) is 25.8. The van der Waals surface area contributed by atoms with Crippen LogP contribution in [0.25, 0.3) is 22.0 Å².